The zero-order valence-electron chi connectivity index (χ0n) is 14.4. The van der Waals surface area contributed by atoms with Crippen molar-refractivity contribution in [1.82, 2.24) is 4.90 Å². The molecule has 1 unspecified atom stereocenters. The first kappa shape index (κ1) is 17.9. The van der Waals surface area contributed by atoms with Gasteiger partial charge in [-0.25, -0.2) is 0 Å². The van der Waals surface area contributed by atoms with Crippen LogP contribution in [0.15, 0.2) is 0 Å². The Morgan fingerprint density at radius 1 is 0.722 bits per heavy atom. The minimum absolute atomic E-state index is 0.0853. The average Bonchev–Trinajstić information content (AvgIpc) is 1.90. The van der Waals surface area contributed by atoms with Gasteiger partial charge in [-0.2, -0.15) is 0 Å². The molecule has 0 aromatic carbocycles. The Balaban J connectivity index is 5.20. The summed E-state index contributed by atoms with van der Waals surface area (Å²) in [7, 11) is 0. The van der Waals surface area contributed by atoms with Crippen LogP contribution >= 0.6 is 0 Å². The van der Waals surface area contributed by atoms with E-state index >= 15 is 0 Å². The summed E-state index contributed by atoms with van der Waals surface area (Å²) < 4.78 is 0. The van der Waals surface area contributed by atoms with Crippen LogP contribution in [-0.2, 0) is 0 Å². The summed E-state index contributed by atoms with van der Waals surface area (Å²) in [4.78, 5) is 2.46. The lowest BCUT2D eigenvalue weighted by Crippen LogP contribution is -2.63. The molecule has 0 bridgehead atoms. The number of nitrogens with zero attached hydrogens (tertiary/aromatic N) is 1. The minimum atomic E-state index is -0.274. The van der Waals surface area contributed by atoms with E-state index in [4.69, 9.17) is 5.73 Å². The lowest BCUT2D eigenvalue weighted by molar-refractivity contribution is -0.0287. The van der Waals surface area contributed by atoms with Crippen molar-refractivity contribution >= 4 is 0 Å². The first-order valence-electron chi connectivity index (χ1n) is 7.11. The molecule has 0 saturated carbocycles. The van der Waals surface area contributed by atoms with Crippen LogP contribution in [0, 0.1) is 10.8 Å². The van der Waals surface area contributed by atoms with E-state index in [9.17, 15) is 0 Å². The summed E-state index contributed by atoms with van der Waals surface area (Å²) in [6, 6.07) is 0. The van der Waals surface area contributed by atoms with Crippen LogP contribution in [0.1, 0.15) is 75.7 Å². The molecule has 2 N–H and O–H groups in total. The lowest BCUT2D eigenvalue weighted by atomic mass is 9.81. The van der Waals surface area contributed by atoms with Gasteiger partial charge in [0.05, 0.1) is 5.66 Å². The van der Waals surface area contributed by atoms with Crippen molar-refractivity contribution in [3.63, 3.8) is 0 Å². The topological polar surface area (TPSA) is 29.3 Å². The van der Waals surface area contributed by atoms with Crippen LogP contribution in [-0.4, -0.2) is 22.6 Å². The molecule has 0 aliphatic heterocycles. The molecule has 0 amide bonds. The Morgan fingerprint density at radius 3 is 1.33 bits per heavy atom. The van der Waals surface area contributed by atoms with Crippen molar-refractivity contribution in [2.24, 2.45) is 16.6 Å². The van der Waals surface area contributed by atoms with Gasteiger partial charge in [0.25, 0.3) is 0 Å². The van der Waals surface area contributed by atoms with Gasteiger partial charge in [0.15, 0.2) is 0 Å². The van der Waals surface area contributed by atoms with Crippen LogP contribution in [0.2, 0.25) is 0 Å². The molecule has 0 heterocycles. The molecule has 0 saturated heterocycles. The zero-order chi connectivity index (χ0) is 15.0. The smallest absolute Gasteiger partial charge is 0.0667 e. The highest BCUT2D eigenvalue weighted by atomic mass is 15.3. The maximum absolute atomic E-state index is 6.67. The van der Waals surface area contributed by atoms with Gasteiger partial charge in [-0.1, -0.05) is 41.5 Å². The largest absolute Gasteiger partial charge is 0.313 e. The molecule has 0 fully saturated rings. The number of rotatable bonds is 3. The summed E-state index contributed by atoms with van der Waals surface area (Å²) in [6.07, 6.45) is 0.993. The minimum Gasteiger partial charge on any atom is -0.313 e. The highest BCUT2D eigenvalue weighted by molar-refractivity contribution is 4.93. The quantitative estimate of drug-likeness (QED) is 0.765. The van der Waals surface area contributed by atoms with Crippen LogP contribution in [0.4, 0.5) is 0 Å². The first-order chi connectivity index (χ1) is 7.55. The van der Waals surface area contributed by atoms with E-state index in [2.05, 4.69) is 74.1 Å². The highest BCUT2D eigenvalue weighted by Crippen LogP contribution is 2.34. The fourth-order valence-corrected chi connectivity index (χ4v) is 2.83. The number of hydrogen-bond donors (Lipinski definition) is 1. The van der Waals surface area contributed by atoms with E-state index in [0.717, 1.165) is 13.0 Å². The molecule has 0 aromatic rings. The van der Waals surface area contributed by atoms with E-state index in [1.54, 1.807) is 0 Å². The molecule has 0 rings (SSSR count). The Bertz CT molecular complexity index is 258. The van der Waals surface area contributed by atoms with E-state index in [-0.39, 0.29) is 22.0 Å². The molecular formula is C16H36N2. The van der Waals surface area contributed by atoms with Crippen molar-refractivity contribution in [3.05, 3.63) is 0 Å². The third-order valence-electron chi connectivity index (χ3n) is 2.95. The van der Waals surface area contributed by atoms with Gasteiger partial charge in [0.1, 0.15) is 0 Å². The van der Waals surface area contributed by atoms with Crippen LogP contribution in [0.3, 0.4) is 0 Å². The SMILES string of the molecule is CC(C)(C)CN(C(C)(C)C)C(C)(N)CC(C)(C)C. The van der Waals surface area contributed by atoms with Gasteiger partial charge in [-0.05, 0) is 44.9 Å². The van der Waals surface area contributed by atoms with Crippen LogP contribution in [0.5, 0.6) is 0 Å². The van der Waals surface area contributed by atoms with Gasteiger partial charge in [0, 0.05) is 12.1 Å². The summed E-state index contributed by atoms with van der Waals surface area (Å²) in [5.74, 6) is 0. The molecule has 1 atom stereocenters. The van der Waals surface area contributed by atoms with Crippen LogP contribution < -0.4 is 5.73 Å². The molecule has 0 aromatic heterocycles. The Hall–Kier alpha value is -0.0800. The van der Waals surface area contributed by atoms with Gasteiger partial charge >= 0.3 is 0 Å². The molecular weight excluding hydrogens is 220 g/mol. The predicted octanol–water partition coefficient (Wildman–Crippen LogP) is 4.24. The van der Waals surface area contributed by atoms with Gasteiger partial charge < -0.3 is 5.73 Å². The van der Waals surface area contributed by atoms with Crippen molar-refractivity contribution < 1.29 is 0 Å². The number of hydrogen-bond acceptors (Lipinski definition) is 2. The van der Waals surface area contributed by atoms with Gasteiger partial charge in [-0.15, -0.1) is 0 Å². The normalized spacial score (nSPS) is 18.0. The maximum atomic E-state index is 6.67. The second-order valence-electron chi connectivity index (χ2n) is 9.41. The Kier molecular flexibility index (Phi) is 5.10. The maximum Gasteiger partial charge on any atom is 0.0667 e. The fraction of sp³-hybridized carbons (Fsp3) is 1.00. The van der Waals surface area contributed by atoms with E-state index < -0.39 is 0 Å². The first-order valence-corrected chi connectivity index (χ1v) is 7.11. The molecule has 0 radical (unpaired) electrons. The molecule has 110 valence electrons. The third kappa shape index (κ3) is 6.75. The van der Waals surface area contributed by atoms with Gasteiger partial charge in [0.2, 0.25) is 0 Å². The Labute approximate surface area is 115 Å². The summed E-state index contributed by atoms with van der Waals surface area (Å²) >= 11 is 0. The molecule has 0 spiro atoms. The van der Waals surface area contributed by atoms with Crippen LogP contribution in [0.25, 0.3) is 0 Å². The Morgan fingerprint density at radius 2 is 1.11 bits per heavy atom. The summed E-state index contributed by atoms with van der Waals surface area (Å²) in [5, 5.41) is 0. The second-order valence-corrected chi connectivity index (χ2v) is 9.41. The van der Waals surface area contributed by atoms with E-state index in [1.807, 2.05) is 0 Å². The lowest BCUT2D eigenvalue weighted by Gasteiger charge is -2.51. The molecule has 18 heavy (non-hydrogen) atoms. The molecule has 2 nitrogen and oxygen atoms in total. The van der Waals surface area contributed by atoms with Crippen molar-refractivity contribution in [2.45, 2.75) is 86.9 Å². The van der Waals surface area contributed by atoms with Crippen molar-refractivity contribution in [2.75, 3.05) is 6.54 Å². The van der Waals surface area contributed by atoms with E-state index in [0.29, 0.717) is 0 Å². The fourth-order valence-electron chi connectivity index (χ4n) is 2.83. The van der Waals surface area contributed by atoms with Crippen molar-refractivity contribution in [1.29, 1.82) is 0 Å². The molecule has 2 heteroatoms. The molecule has 0 aliphatic carbocycles. The summed E-state index contributed by atoms with van der Waals surface area (Å²) in [6.45, 7) is 23.6. The second kappa shape index (κ2) is 5.13. The monoisotopic (exact) mass is 256 g/mol. The van der Waals surface area contributed by atoms with Gasteiger partial charge in [-0.3, -0.25) is 4.90 Å². The zero-order valence-corrected chi connectivity index (χ0v) is 14.4. The average molecular weight is 256 g/mol. The third-order valence-corrected chi connectivity index (χ3v) is 2.95. The number of nitrogens with two attached hydrogens (primary N) is 1. The van der Waals surface area contributed by atoms with Crippen molar-refractivity contribution in [3.8, 4) is 0 Å². The van der Waals surface area contributed by atoms with E-state index in [1.165, 1.54) is 0 Å². The highest BCUT2D eigenvalue weighted by Gasteiger charge is 2.39. The predicted molar refractivity (Wildman–Crippen MR) is 82.6 cm³/mol. The standard InChI is InChI=1S/C16H36N2/c1-13(2,3)11-16(10,17)18(15(7,8)9)12-14(4,5)6/h11-12,17H2,1-10H3. The molecule has 0 aliphatic rings. The summed E-state index contributed by atoms with van der Waals surface area (Å²) in [5.41, 5.74) is 6.97.